The first-order valence-corrected chi connectivity index (χ1v) is 6.39. The van der Waals surface area contributed by atoms with Crippen molar-refractivity contribution in [1.82, 2.24) is 0 Å². The van der Waals surface area contributed by atoms with Crippen molar-refractivity contribution in [3.8, 4) is 11.1 Å². The molecule has 2 aromatic carbocycles. The minimum absolute atomic E-state index is 0. The zero-order valence-electron chi connectivity index (χ0n) is 11.7. The Balaban J connectivity index is 0.000000396. The molecule has 0 radical (unpaired) electrons. The van der Waals surface area contributed by atoms with Crippen LogP contribution < -0.4 is 0 Å². The molecule has 0 heterocycles. The second-order valence-corrected chi connectivity index (χ2v) is 4.49. The van der Waals surface area contributed by atoms with Gasteiger partial charge >= 0.3 is 21.1 Å². The van der Waals surface area contributed by atoms with Crippen LogP contribution in [0.15, 0.2) is 48.5 Å². The summed E-state index contributed by atoms with van der Waals surface area (Å²) in [5.74, 6) is 0. The summed E-state index contributed by atoms with van der Waals surface area (Å²) >= 11 is 0. The Morgan fingerprint density at radius 3 is 1.45 bits per heavy atom. The van der Waals surface area contributed by atoms with Crippen molar-refractivity contribution in [2.75, 3.05) is 0 Å². The molecule has 2 N–H and O–H groups in total. The van der Waals surface area contributed by atoms with Gasteiger partial charge < -0.3 is 10.2 Å². The molecule has 2 unspecified atom stereocenters. The topological polar surface area (TPSA) is 40.5 Å². The molecule has 0 saturated carbocycles. The number of hydrogen-bond donors (Lipinski definition) is 2. The van der Waals surface area contributed by atoms with Gasteiger partial charge in [0.1, 0.15) is 0 Å². The van der Waals surface area contributed by atoms with Crippen LogP contribution in [0.3, 0.4) is 0 Å². The van der Waals surface area contributed by atoms with Gasteiger partial charge in [-0.3, -0.25) is 0 Å². The summed E-state index contributed by atoms with van der Waals surface area (Å²) in [6.45, 7) is 3.32. The Morgan fingerprint density at radius 2 is 1.25 bits per heavy atom. The molecule has 0 aliphatic heterocycles. The molecule has 110 valence electrons. The molecule has 2 nitrogen and oxygen atoms in total. The predicted molar refractivity (Wildman–Crippen MR) is 77.5 cm³/mol. The fraction of sp³-hybridized carbons (Fsp3) is 0.294. The quantitative estimate of drug-likeness (QED) is 0.705. The standard InChI is InChI=1S/C12H8.C5H12O2.Pt/c1-3-7-11(8-4-1)12-9-5-2-6-10-12;1-4(6)3-5(2)7;/h1-7,9H;4-7H,3H2,1-2H3;/q-2;;+2. The van der Waals surface area contributed by atoms with Gasteiger partial charge in [-0.2, -0.15) is 48.5 Å². The van der Waals surface area contributed by atoms with E-state index in [-0.39, 0.29) is 33.3 Å². The van der Waals surface area contributed by atoms with E-state index in [0.717, 1.165) is 11.1 Å². The van der Waals surface area contributed by atoms with Gasteiger partial charge in [-0.05, 0) is 20.3 Å². The first kappa shape index (κ1) is 19.0. The third kappa shape index (κ3) is 8.27. The van der Waals surface area contributed by atoms with E-state index in [0.29, 0.717) is 6.42 Å². The van der Waals surface area contributed by atoms with E-state index in [2.05, 4.69) is 12.1 Å². The molecule has 0 spiro atoms. The number of aliphatic hydroxyl groups excluding tert-OH is 2. The smallest absolute Gasteiger partial charge is 0.393 e. The molecule has 0 aliphatic carbocycles. The van der Waals surface area contributed by atoms with Crippen LogP contribution >= 0.6 is 0 Å². The van der Waals surface area contributed by atoms with E-state index < -0.39 is 0 Å². The van der Waals surface area contributed by atoms with Crippen LogP contribution in [-0.4, -0.2) is 22.4 Å². The molecule has 3 heteroatoms. The van der Waals surface area contributed by atoms with Crippen LogP contribution in [0.25, 0.3) is 11.1 Å². The number of rotatable bonds is 3. The Kier molecular flexibility index (Phi) is 10.3. The van der Waals surface area contributed by atoms with Crippen molar-refractivity contribution < 1.29 is 31.3 Å². The molecule has 0 aliphatic rings. The third-order valence-corrected chi connectivity index (χ3v) is 2.39. The first-order chi connectivity index (χ1) is 9.09. The van der Waals surface area contributed by atoms with Crippen LogP contribution in [0.4, 0.5) is 0 Å². The van der Waals surface area contributed by atoms with Crippen molar-refractivity contribution >= 4 is 0 Å². The van der Waals surface area contributed by atoms with E-state index in [1.165, 1.54) is 0 Å². The average Bonchev–Trinajstić information content (AvgIpc) is 2.40. The van der Waals surface area contributed by atoms with Crippen LogP contribution in [0.2, 0.25) is 0 Å². The van der Waals surface area contributed by atoms with Crippen LogP contribution in [0.1, 0.15) is 20.3 Å². The van der Waals surface area contributed by atoms with E-state index in [4.69, 9.17) is 10.2 Å². The second-order valence-electron chi connectivity index (χ2n) is 4.49. The van der Waals surface area contributed by atoms with Crippen molar-refractivity contribution in [3.63, 3.8) is 0 Å². The Morgan fingerprint density at radius 1 is 0.850 bits per heavy atom. The molecular formula is C17H20O2Pt. The maximum absolute atomic E-state index is 8.56. The number of hydrogen-bond acceptors (Lipinski definition) is 2. The summed E-state index contributed by atoms with van der Waals surface area (Å²) in [5.41, 5.74) is 2.19. The van der Waals surface area contributed by atoms with Gasteiger partial charge in [-0.1, -0.05) is 0 Å². The Bertz CT molecular complexity index is 398. The second kappa shape index (κ2) is 10.8. The van der Waals surface area contributed by atoms with E-state index >= 15 is 0 Å². The zero-order valence-corrected chi connectivity index (χ0v) is 14.0. The van der Waals surface area contributed by atoms with Crippen molar-refractivity contribution in [2.24, 2.45) is 0 Å². The van der Waals surface area contributed by atoms with Crippen molar-refractivity contribution in [3.05, 3.63) is 60.7 Å². The number of benzene rings is 2. The zero-order chi connectivity index (χ0) is 14.1. The Hall–Kier alpha value is -0.952. The summed E-state index contributed by atoms with van der Waals surface area (Å²) < 4.78 is 0. The van der Waals surface area contributed by atoms with Gasteiger partial charge in [0.15, 0.2) is 0 Å². The van der Waals surface area contributed by atoms with Gasteiger partial charge in [0.05, 0.1) is 12.2 Å². The molecule has 2 aromatic rings. The average molecular weight is 451 g/mol. The van der Waals surface area contributed by atoms with Crippen molar-refractivity contribution in [1.29, 1.82) is 0 Å². The summed E-state index contributed by atoms with van der Waals surface area (Å²) in [4.78, 5) is 0. The molecule has 0 saturated heterocycles. The van der Waals surface area contributed by atoms with Crippen LogP contribution in [-0.2, 0) is 21.1 Å². The predicted octanol–water partition coefficient (Wildman–Crippen LogP) is 3.09. The van der Waals surface area contributed by atoms with Gasteiger partial charge in [0.2, 0.25) is 0 Å². The summed E-state index contributed by atoms with van der Waals surface area (Å²) in [6, 6.07) is 22.1. The Labute approximate surface area is 135 Å². The fourth-order valence-electron chi connectivity index (χ4n) is 1.62. The van der Waals surface area contributed by atoms with E-state index in [1.807, 2.05) is 48.5 Å². The monoisotopic (exact) mass is 451 g/mol. The SMILES string of the molecule is CC(O)CC(C)O.[Pt+2].[c-]1ccccc1-c1[c-]cccc1. The van der Waals surface area contributed by atoms with Gasteiger partial charge in [0.25, 0.3) is 0 Å². The minimum Gasteiger partial charge on any atom is -0.393 e. The van der Waals surface area contributed by atoms with Crippen LogP contribution in [0, 0.1) is 12.1 Å². The fourth-order valence-corrected chi connectivity index (χ4v) is 1.62. The maximum atomic E-state index is 8.56. The summed E-state index contributed by atoms with van der Waals surface area (Å²) in [5, 5.41) is 17.1. The van der Waals surface area contributed by atoms with Gasteiger partial charge in [-0.25, -0.2) is 11.1 Å². The van der Waals surface area contributed by atoms with E-state index in [1.54, 1.807) is 13.8 Å². The van der Waals surface area contributed by atoms with E-state index in [9.17, 15) is 0 Å². The van der Waals surface area contributed by atoms with Crippen molar-refractivity contribution in [2.45, 2.75) is 32.5 Å². The largest absolute Gasteiger partial charge is 2.00 e. The normalized spacial score (nSPS) is 12.4. The molecule has 0 bridgehead atoms. The molecular weight excluding hydrogens is 431 g/mol. The molecule has 2 rings (SSSR count). The maximum Gasteiger partial charge on any atom is 2.00 e. The molecule has 20 heavy (non-hydrogen) atoms. The minimum atomic E-state index is -0.375. The summed E-state index contributed by atoms with van der Waals surface area (Å²) in [7, 11) is 0. The van der Waals surface area contributed by atoms with Gasteiger partial charge in [0, 0.05) is 0 Å². The molecule has 0 fully saturated rings. The third-order valence-electron chi connectivity index (χ3n) is 2.39. The first-order valence-electron chi connectivity index (χ1n) is 6.39. The number of aliphatic hydroxyl groups is 2. The molecule has 0 aromatic heterocycles. The summed E-state index contributed by atoms with van der Waals surface area (Å²) in [6.07, 6.45) is -0.278. The van der Waals surface area contributed by atoms with Gasteiger partial charge in [-0.15, -0.1) is 12.1 Å². The van der Waals surface area contributed by atoms with Crippen LogP contribution in [0.5, 0.6) is 0 Å². The molecule has 2 atom stereocenters. The molecule has 0 amide bonds.